The number of carbonyl (C=O) groups is 1. The average Bonchev–Trinajstić information content (AvgIpc) is 2.68. The molecule has 1 atom stereocenters. The van der Waals surface area contributed by atoms with Crippen molar-refractivity contribution in [2.45, 2.75) is 25.9 Å². The Morgan fingerprint density at radius 1 is 0.968 bits per heavy atom. The molecular weight excluding hydrogens is 412 g/mol. The van der Waals surface area contributed by atoms with E-state index in [9.17, 15) is 22.4 Å². The number of Topliss-reactive ketones (excluding diaryl/α,β-unsaturated/α-hetero) is 1. The molecule has 1 heterocycles. The summed E-state index contributed by atoms with van der Waals surface area (Å²) in [6.45, 7) is 1.93. The Labute approximate surface area is 175 Å². The molecule has 0 saturated carbocycles. The molecule has 0 radical (unpaired) electrons. The molecular formula is C22H18F4N4O. The lowest BCUT2D eigenvalue weighted by molar-refractivity contribution is -0.137. The third-order valence-electron chi connectivity index (χ3n) is 4.89. The molecule has 1 aliphatic rings. The van der Waals surface area contributed by atoms with Crippen molar-refractivity contribution < 1.29 is 22.4 Å². The molecule has 0 spiro atoms. The van der Waals surface area contributed by atoms with Crippen LogP contribution in [0, 0.1) is 11.7 Å². The molecule has 160 valence electrons. The number of carbonyl (C=O) groups excluding carboxylic acids is 1. The summed E-state index contributed by atoms with van der Waals surface area (Å²) in [5.41, 5.74) is 0.652. The summed E-state index contributed by atoms with van der Waals surface area (Å²) >= 11 is 0. The maximum Gasteiger partial charge on any atom is 0.416 e. The van der Waals surface area contributed by atoms with Gasteiger partial charge in [0, 0.05) is 17.8 Å². The zero-order valence-corrected chi connectivity index (χ0v) is 16.4. The van der Waals surface area contributed by atoms with Crippen LogP contribution in [0.2, 0.25) is 0 Å². The summed E-state index contributed by atoms with van der Waals surface area (Å²) in [5.74, 6) is -0.206. The smallest absolute Gasteiger partial charge is 0.339 e. The van der Waals surface area contributed by atoms with Crippen LogP contribution in [-0.4, -0.2) is 15.8 Å². The molecule has 0 bridgehead atoms. The largest absolute Gasteiger partial charge is 0.416 e. The number of nitrogens with zero attached hydrogens (tertiary/aromatic N) is 2. The second-order valence-corrected chi connectivity index (χ2v) is 7.49. The van der Waals surface area contributed by atoms with Gasteiger partial charge in [0.15, 0.2) is 5.78 Å². The van der Waals surface area contributed by atoms with E-state index in [1.807, 2.05) is 6.92 Å². The van der Waals surface area contributed by atoms with Crippen LogP contribution in [0.15, 0.2) is 48.5 Å². The van der Waals surface area contributed by atoms with Crippen LogP contribution in [0.25, 0.3) is 0 Å². The fourth-order valence-electron chi connectivity index (χ4n) is 3.49. The Kier molecular flexibility index (Phi) is 5.34. The zero-order chi connectivity index (χ0) is 22.2. The number of ketones is 1. The second-order valence-electron chi connectivity index (χ2n) is 7.49. The number of fused-ring (bicyclic) bond motifs is 1. The Morgan fingerprint density at radius 3 is 2.42 bits per heavy atom. The van der Waals surface area contributed by atoms with Crippen molar-refractivity contribution in [2.75, 3.05) is 10.6 Å². The molecule has 9 heteroatoms. The third kappa shape index (κ3) is 4.65. The first-order valence-corrected chi connectivity index (χ1v) is 9.60. The molecule has 1 aromatic heterocycles. The van der Waals surface area contributed by atoms with Gasteiger partial charge in [-0.15, -0.1) is 0 Å². The van der Waals surface area contributed by atoms with E-state index in [0.717, 1.165) is 12.1 Å². The van der Waals surface area contributed by atoms with Crippen LogP contribution in [0.4, 0.5) is 40.7 Å². The normalized spacial score (nSPS) is 16.0. The molecule has 0 amide bonds. The lowest BCUT2D eigenvalue weighted by atomic mass is 9.87. The average molecular weight is 430 g/mol. The second kappa shape index (κ2) is 7.98. The standard InChI is InChI=1S/C22H18F4N4O/c1-12-9-17-19(18(31)10-12)20(27-16-4-2-3-13(11-16)22(24,25)26)30-21(29-17)28-15-7-5-14(23)6-8-15/h2-8,11-12H,9-10H2,1H3,(H2,27,28,29,30). The first-order valence-electron chi connectivity index (χ1n) is 9.60. The number of aromatic nitrogens is 2. The molecule has 3 aromatic rings. The van der Waals surface area contributed by atoms with Gasteiger partial charge in [0.1, 0.15) is 11.6 Å². The van der Waals surface area contributed by atoms with Crippen molar-refractivity contribution in [2.24, 2.45) is 5.92 Å². The van der Waals surface area contributed by atoms with E-state index in [0.29, 0.717) is 24.2 Å². The lowest BCUT2D eigenvalue weighted by Gasteiger charge is -2.23. The molecule has 4 rings (SSSR count). The minimum atomic E-state index is -4.50. The van der Waals surface area contributed by atoms with Crippen molar-refractivity contribution in [3.63, 3.8) is 0 Å². The highest BCUT2D eigenvalue weighted by atomic mass is 19.4. The van der Waals surface area contributed by atoms with Gasteiger partial charge >= 0.3 is 6.18 Å². The fraction of sp³-hybridized carbons (Fsp3) is 0.227. The van der Waals surface area contributed by atoms with Crippen molar-refractivity contribution in [1.29, 1.82) is 0 Å². The predicted molar refractivity (Wildman–Crippen MR) is 108 cm³/mol. The summed E-state index contributed by atoms with van der Waals surface area (Å²) in [6.07, 6.45) is -3.67. The molecule has 0 aliphatic heterocycles. The van der Waals surface area contributed by atoms with E-state index >= 15 is 0 Å². The highest BCUT2D eigenvalue weighted by Gasteiger charge is 2.31. The molecule has 5 nitrogen and oxygen atoms in total. The molecule has 2 aromatic carbocycles. The number of halogens is 4. The van der Waals surface area contributed by atoms with Gasteiger partial charge in [-0.25, -0.2) is 9.37 Å². The Balaban J connectivity index is 1.74. The summed E-state index contributed by atoms with van der Waals surface area (Å²) < 4.78 is 52.4. The maximum atomic E-state index is 13.2. The van der Waals surface area contributed by atoms with E-state index in [1.54, 1.807) is 0 Å². The van der Waals surface area contributed by atoms with Gasteiger partial charge in [0.25, 0.3) is 0 Å². The van der Waals surface area contributed by atoms with Gasteiger partial charge < -0.3 is 10.6 Å². The minimum absolute atomic E-state index is 0.0787. The summed E-state index contributed by atoms with van der Waals surface area (Å²) in [6, 6.07) is 10.2. The first kappa shape index (κ1) is 20.8. The van der Waals surface area contributed by atoms with Gasteiger partial charge in [0.05, 0.1) is 16.8 Å². The van der Waals surface area contributed by atoms with Crippen molar-refractivity contribution >= 4 is 28.9 Å². The van der Waals surface area contributed by atoms with Crippen LogP contribution in [0.1, 0.15) is 35.0 Å². The van der Waals surface area contributed by atoms with Crippen LogP contribution in [0.3, 0.4) is 0 Å². The number of anilines is 4. The number of hydrogen-bond acceptors (Lipinski definition) is 5. The van der Waals surface area contributed by atoms with Crippen molar-refractivity contribution in [3.8, 4) is 0 Å². The number of alkyl halides is 3. The Hall–Kier alpha value is -3.49. The van der Waals surface area contributed by atoms with E-state index < -0.39 is 17.6 Å². The van der Waals surface area contributed by atoms with E-state index in [2.05, 4.69) is 20.6 Å². The molecule has 2 N–H and O–H groups in total. The van der Waals surface area contributed by atoms with Gasteiger partial charge in [-0.2, -0.15) is 18.2 Å². The van der Waals surface area contributed by atoms with Gasteiger partial charge in [-0.1, -0.05) is 13.0 Å². The van der Waals surface area contributed by atoms with Crippen molar-refractivity contribution in [3.05, 3.63) is 71.2 Å². The third-order valence-corrected chi connectivity index (χ3v) is 4.89. The molecule has 0 fully saturated rings. The van der Waals surface area contributed by atoms with E-state index in [1.165, 1.54) is 36.4 Å². The highest BCUT2D eigenvalue weighted by Crippen LogP contribution is 2.34. The van der Waals surface area contributed by atoms with E-state index in [-0.39, 0.29) is 34.7 Å². The van der Waals surface area contributed by atoms with Gasteiger partial charge in [0.2, 0.25) is 5.95 Å². The molecule has 0 saturated heterocycles. The SMILES string of the molecule is CC1CC(=O)c2c(nc(Nc3ccc(F)cc3)nc2Nc2cccc(C(F)(F)F)c2)C1. The van der Waals surface area contributed by atoms with Crippen LogP contribution in [-0.2, 0) is 12.6 Å². The monoisotopic (exact) mass is 430 g/mol. The number of hydrogen-bond donors (Lipinski definition) is 2. The summed E-state index contributed by atoms with van der Waals surface area (Å²) in [5, 5.41) is 5.81. The zero-order valence-electron chi connectivity index (χ0n) is 16.4. The van der Waals surface area contributed by atoms with Gasteiger partial charge in [-0.05, 0) is 54.8 Å². The quantitative estimate of drug-likeness (QED) is 0.506. The summed E-state index contributed by atoms with van der Waals surface area (Å²) in [4.78, 5) is 21.4. The van der Waals surface area contributed by atoms with Crippen LogP contribution in [0.5, 0.6) is 0 Å². The Morgan fingerprint density at radius 2 is 1.71 bits per heavy atom. The molecule has 1 aliphatic carbocycles. The Bertz CT molecular complexity index is 1130. The minimum Gasteiger partial charge on any atom is -0.339 e. The van der Waals surface area contributed by atoms with Crippen LogP contribution >= 0.6 is 0 Å². The van der Waals surface area contributed by atoms with Gasteiger partial charge in [-0.3, -0.25) is 4.79 Å². The number of nitrogens with one attached hydrogen (secondary N) is 2. The molecule has 1 unspecified atom stereocenters. The predicted octanol–water partition coefficient (Wildman–Crippen LogP) is 5.89. The summed E-state index contributed by atoms with van der Waals surface area (Å²) in [7, 11) is 0. The van der Waals surface area contributed by atoms with Crippen LogP contribution < -0.4 is 10.6 Å². The highest BCUT2D eigenvalue weighted by molar-refractivity contribution is 6.03. The van der Waals surface area contributed by atoms with E-state index in [4.69, 9.17) is 0 Å². The lowest BCUT2D eigenvalue weighted by Crippen LogP contribution is -2.22. The maximum absolute atomic E-state index is 13.2. The fourth-order valence-corrected chi connectivity index (χ4v) is 3.49. The van der Waals surface area contributed by atoms with Crippen molar-refractivity contribution in [1.82, 2.24) is 9.97 Å². The first-order chi connectivity index (χ1) is 14.7. The number of rotatable bonds is 4. The molecule has 31 heavy (non-hydrogen) atoms. The topological polar surface area (TPSA) is 66.9 Å². The number of benzene rings is 2.